The summed E-state index contributed by atoms with van der Waals surface area (Å²) in [6.45, 7) is 2.89. The Kier molecular flexibility index (Phi) is 5.13. The van der Waals surface area contributed by atoms with Crippen LogP contribution >= 0.6 is 23.2 Å². The lowest BCUT2D eigenvalue weighted by Crippen LogP contribution is -2.45. The van der Waals surface area contributed by atoms with Crippen molar-refractivity contribution in [3.8, 4) is 5.75 Å². The highest BCUT2D eigenvalue weighted by molar-refractivity contribution is 6.42. The fourth-order valence-electron chi connectivity index (χ4n) is 2.64. The van der Waals surface area contributed by atoms with E-state index in [9.17, 15) is 9.90 Å². The monoisotopic (exact) mass is 316 g/mol. The van der Waals surface area contributed by atoms with E-state index in [1.165, 1.54) is 6.92 Å². The van der Waals surface area contributed by atoms with Gasteiger partial charge in [-0.05, 0) is 37.4 Å². The molecule has 1 aliphatic rings. The van der Waals surface area contributed by atoms with Gasteiger partial charge in [0.15, 0.2) is 0 Å². The third-order valence-corrected chi connectivity index (χ3v) is 4.43. The lowest BCUT2D eigenvalue weighted by Gasteiger charge is -2.31. The van der Waals surface area contributed by atoms with Gasteiger partial charge in [-0.15, -0.1) is 0 Å². The van der Waals surface area contributed by atoms with Crippen molar-refractivity contribution in [1.82, 2.24) is 10.6 Å². The zero-order chi connectivity index (χ0) is 14.7. The molecule has 1 aliphatic heterocycles. The quantitative estimate of drug-likeness (QED) is 0.803. The second-order valence-electron chi connectivity index (χ2n) is 5.10. The van der Waals surface area contributed by atoms with Crippen LogP contribution in [0.1, 0.15) is 31.2 Å². The van der Waals surface area contributed by atoms with Gasteiger partial charge < -0.3 is 15.7 Å². The summed E-state index contributed by atoms with van der Waals surface area (Å²) in [4.78, 5) is 11.0. The lowest BCUT2D eigenvalue weighted by atomic mass is 9.85. The Balaban J connectivity index is 2.13. The maximum absolute atomic E-state index is 11.0. The summed E-state index contributed by atoms with van der Waals surface area (Å²) in [5.41, 5.74) is 0.716. The number of carbonyl (C=O) groups excluding carboxylic acids is 1. The summed E-state index contributed by atoms with van der Waals surface area (Å²) in [7, 11) is 0. The third kappa shape index (κ3) is 3.57. The topological polar surface area (TPSA) is 61.4 Å². The summed E-state index contributed by atoms with van der Waals surface area (Å²) >= 11 is 12.3. The van der Waals surface area contributed by atoms with Gasteiger partial charge in [0.25, 0.3) is 0 Å². The molecule has 0 aliphatic carbocycles. The van der Waals surface area contributed by atoms with Crippen LogP contribution < -0.4 is 10.6 Å². The Morgan fingerprint density at radius 2 is 2.25 bits per heavy atom. The van der Waals surface area contributed by atoms with E-state index in [-0.39, 0.29) is 23.6 Å². The van der Waals surface area contributed by atoms with Gasteiger partial charge in [-0.3, -0.25) is 4.79 Å². The Morgan fingerprint density at radius 3 is 2.95 bits per heavy atom. The first-order chi connectivity index (χ1) is 9.49. The van der Waals surface area contributed by atoms with Gasteiger partial charge >= 0.3 is 0 Å². The molecule has 1 heterocycles. The molecule has 2 atom stereocenters. The number of hydrogen-bond acceptors (Lipinski definition) is 3. The van der Waals surface area contributed by atoms with E-state index in [2.05, 4.69) is 10.6 Å². The molecule has 1 amide bonds. The van der Waals surface area contributed by atoms with Crippen molar-refractivity contribution in [3.05, 3.63) is 27.7 Å². The zero-order valence-corrected chi connectivity index (χ0v) is 12.8. The minimum atomic E-state index is -0.0439. The van der Waals surface area contributed by atoms with Crippen LogP contribution in [0.25, 0.3) is 0 Å². The first-order valence-corrected chi connectivity index (χ1v) is 7.39. The maximum atomic E-state index is 11.0. The van der Waals surface area contributed by atoms with Crippen LogP contribution in [-0.2, 0) is 4.79 Å². The van der Waals surface area contributed by atoms with Gasteiger partial charge in [0.05, 0.1) is 10.0 Å². The van der Waals surface area contributed by atoms with E-state index >= 15 is 0 Å². The molecule has 20 heavy (non-hydrogen) atoms. The first kappa shape index (κ1) is 15.4. The van der Waals surface area contributed by atoms with E-state index < -0.39 is 0 Å². The number of hydrogen-bond donors (Lipinski definition) is 3. The number of nitrogens with one attached hydrogen (secondary N) is 2. The third-order valence-electron chi connectivity index (χ3n) is 3.61. The fourth-order valence-corrected chi connectivity index (χ4v) is 3.11. The van der Waals surface area contributed by atoms with Crippen molar-refractivity contribution in [2.45, 2.75) is 31.7 Å². The molecule has 0 spiro atoms. The number of amides is 1. The fraction of sp³-hybridized carbons (Fsp3) is 0.500. The molecule has 0 aromatic heterocycles. The average molecular weight is 317 g/mol. The largest absolute Gasteiger partial charge is 0.508 e. The standard InChI is InChI=1S/C14H18Cl2N2O2/c1-8(19)18-7-10-6-9(4-5-17-10)13-12(20)3-2-11(15)14(13)16/h2-3,9-10,17,20H,4-7H2,1H3,(H,18,19)/t9?,10-/m0/s1. The van der Waals surface area contributed by atoms with Crippen LogP contribution in [0.3, 0.4) is 0 Å². The number of aromatic hydroxyl groups is 1. The maximum Gasteiger partial charge on any atom is 0.216 e. The molecule has 1 unspecified atom stereocenters. The van der Waals surface area contributed by atoms with E-state index in [0.717, 1.165) is 19.4 Å². The predicted octanol–water partition coefficient (Wildman–Crippen LogP) is 2.67. The Morgan fingerprint density at radius 1 is 1.50 bits per heavy atom. The Hall–Kier alpha value is -0.970. The van der Waals surface area contributed by atoms with Crippen molar-refractivity contribution in [3.63, 3.8) is 0 Å². The van der Waals surface area contributed by atoms with E-state index in [4.69, 9.17) is 23.2 Å². The van der Waals surface area contributed by atoms with Crippen molar-refractivity contribution in [2.75, 3.05) is 13.1 Å². The predicted molar refractivity (Wildman–Crippen MR) is 80.6 cm³/mol. The normalized spacial score (nSPS) is 22.6. The van der Waals surface area contributed by atoms with Crippen LogP contribution in [0.15, 0.2) is 12.1 Å². The number of piperidine rings is 1. The molecule has 1 aromatic rings. The molecular formula is C14H18Cl2N2O2. The average Bonchev–Trinajstić information content (AvgIpc) is 2.42. The van der Waals surface area contributed by atoms with E-state index in [1.54, 1.807) is 12.1 Å². The highest BCUT2D eigenvalue weighted by Gasteiger charge is 2.27. The summed E-state index contributed by atoms with van der Waals surface area (Å²) < 4.78 is 0. The minimum absolute atomic E-state index is 0.0439. The summed E-state index contributed by atoms with van der Waals surface area (Å²) in [6, 6.07) is 3.35. The Bertz CT molecular complexity index is 508. The summed E-state index contributed by atoms with van der Waals surface area (Å²) in [5.74, 6) is 0.281. The van der Waals surface area contributed by atoms with Gasteiger partial charge in [-0.2, -0.15) is 0 Å². The van der Waals surface area contributed by atoms with Crippen molar-refractivity contribution < 1.29 is 9.90 Å². The number of benzene rings is 1. The molecule has 1 saturated heterocycles. The smallest absolute Gasteiger partial charge is 0.216 e. The molecule has 3 N–H and O–H groups in total. The number of phenols is 1. The van der Waals surface area contributed by atoms with Gasteiger partial charge in [0, 0.05) is 25.1 Å². The van der Waals surface area contributed by atoms with Crippen LogP contribution in [0.2, 0.25) is 10.0 Å². The molecule has 1 fully saturated rings. The molecule has 0 bridgehead atoms. The van der Waals surface area contributed by atoms with Crippen molar-refractivity contribution in [2.24, 2.45) is 0 Å². The molecule has 0 radical (unpaired) electrons. The van der Waals surface area contributed by atoms with Gasteiger partial charge in [0.1, 0.15) is 5.75 Å². The second kappa shape index (κ2) is 6.66. The molecule has 1 aromatic carbocycles. The van der Waals surface area contributed by atoms with Gasteiger partial charge in [-0.1, -0.05) is 23.2 Å². The van der Waals surface area contributed by atoms with Gasteiger partial charge in [0.2, 0.25) is 5.91 Å². The lowest BCUT2D eigenvalue weighted by molar-refractivity contribution is -0.119. The number of rotatable bonds is 3. The highest BCUT2D eigenvalue weighted by atomic mass is 35.5. The van der Waals surface area contributed by atoms with Crippen molar-refractivity contribution in [1.29, 1.82) is 0 Å². The first-order valence-electron chi connectivity index (χ1n) is 6.63. The molecule has 2 rings (SSSR count). The van der Waals surface area contributed by atoms with E-state index in [1.807, 2.05) is 0 Å². The van der Waals surface area contributed by atoms with Crippen molar-refractivity contribution >= 4 is 29.1 Å². The summed E-state index contributed by atoms with van der Waals surface area (Å²) in [6.07, 6.45) is 1.68. The zero-order valence-electron chi connectivity index (χ0n) is 11.2. The number of halogens is 2. The van der Waals surface area contributed by atoms with Crippen LogP contribution in [0.5, 0.6) is 5.75 Å². The molecule has 0 saturated carbocycles. The minimum Gasteiger partial charge on any atom is -0.508 e. The van der Waals surface area contributed by atoms with Crippen LogP contribution in [0.4, 0.5) is 0 Å². The molecule has 4 nitrogen and oxygen atoms in total. The van der Waals surface area contributed by atoms with Gasteiger partial charge in [-0.25, -0.2) is 0 Å². The molecular weight excluding hydrogens is 299 g/mol. The van der Waals surface area contributed by atoms with Crippen LogP contribution in [-0.4, -0.2) is 30.1 Å². The second-order valence-corrected chi connectivity index (χ2v) is 5.89. The Labute approximate surface area is 128 Å². The van der Waals surface area contributed by atoms with E-state index in [0.29, 0.717) is 22.2 Å². The number of carbonyl (C=O) groups is 1. The van der Waals surface area contributed by atoms with Crippen LogP contribution in [0, 0.1) is 0 Å². The molecule has 110 valence electrons. The SMILES string of the molecule is CC(=O)NC[C@@H]1CC(c2c(O)ccc(Cl)c2Cl)CCN1. The summed E-state index contributed by atoms with van der Waals surface area (Å²) in [5, 5.41) is 17.1. The number of phenolic OH excluding ortho intramolecular Hbond substituents is 1. The molecule has 6 heteroatoms. The highest BCUT2D eigenvalue weighted by Crippen LogP contribution is 2.41.